The van der Waals surface area contributed by atoms with Crippen LogP contribution in [0.15, 0.2) is 24.3 Å². The minimum atomic E-state index is -4.61. The van der Waals surface area contributed by atoms with Crippen molar-refractivity contribution in [1.82, 2.24) is 0 Å². The maximum absolute atomic E-state index is 12.6. The number of nitrogens with two attached hydrogens (primary N) is 1. The van der Waals surface area contributed by atoms with Gasteiger partial charge in [-0.25, -0.2) is 4.79 Å². The van der Waals surface area contributed by atoms with Gasteiger partial charge in [0.2, 0.25) is 5.72 Å². The lowest BCUT2D eigenvalue weighted by molar-refractivity contribution is -0.175. The number of aliphatic carboxylic acids is 1. The number of hydrogen-bond donors (Lipinski definition) is 3. The fourth-order valence-corrected chi connectivity index (χ4v) is 1.92. The predicted molar refractivity (Wildman–Crippen MR) is 76.8 cm³/mol. The molecule has 6 nitrogen and oxygen atoms in total. The van der Waals surface area contributed by atoms with Crippen LogP contribution in [0.4, 0.5) is 13.2 Å². The Bertz CT molecular complexity index is 617. The number of ether oxygens (including phenoxy) is 1. The SMILES string of the molecule is CC(C)(C)OC(=O)[C@@H](c1ccc(C(F)(F)F)cc1)[C@@](N)(O)C(=O)O. The van der Waals surface area contributed by atoms with Gasteiger partial charge >= 0.3 is 18.1 Å². The number of rotatable bonds is 4. The van der Waals surface area contributed by atoms with Crippen LogP contribution >= 0.6 is 0 Å². The molecule has 0 aliphatic rings. The summed E-state index contributed by atoms with van der Waals surface area (Å²) in [4.78, 5) is 23.4. The van der Waals surface area contributed by atoms with Crippen molar-refractivity contribution in [3.63, 3.8) is 0 Å². The number of carbonyl (C=O) groups excluding carboxylic acids is 1. The average molecular weight is 349 g/mol. The Balaban J connectivity index is 3.33. The molecule has 0 saturated carbocycles. The topological polar surface area (TPSA) is 110 Å². The molecule has 0 aromatic heterocycles. The molecule has 0 amide bonds. The van der Waals surface area contributed by atoms with Gasteiger partial charge in [-0.2, -0.15) is 13.2 Å². The normalized spacial score (nSPS) is 16.2. The van der Waals surface area contributed by atoms with Gasteiger partial charge in [0.1, 0.15) is 11.5 Å². The maximum atomic E-state index is 12.6. The highest BCUT2D eigenvalue weighted by Crippen LogP contribution is 2.33. The highest BCUT2D eigenvalue weighted by atomic mass is 19.4. The molecule has 2 atom stereocenters. The summed E-state index contributed by atoms with van der Waals surface area (Å²) in [5, 5.41) is 19.0. The largest absolute Gasteiger partial charge is 0.478 e. The number of carbonyl (C=O) groups is 2. The maximum Gasteiger partial charge on any atom is 0.416 e. The summed E-state index contributed by atoms with van der Waals surface area (Å²) in [6.45, 7) is 4.52. The van der Waals surface area contributed by atoms with Crippen LogP contribution in [0.5, 0.6) is 0 Å². The van der Waals surface area contributed by atoms with Crippen molar-refractivity contribution in [2.75, 3.05) is 0 Å². The zero-order valence-electron chi connectivity index (χ0n) is 13.2. The first kappa shape index (κ1) is 19.9. The van der Waals surface area contributed by atoms with E-state index in [4.69, 9.17) is 15.6 Å². The van der Waals surface area contributed by atoms with Crippen LogP contribution in [0.3, 0.4) is 0 Å². The second-order valence-electron chi connectivity index (χ2n) is 6.22. The highest BCUT2D eigenvalue weighted by molar-refractivity contribution is 5.90. The van der Waals surface area contributed by atoms with E-state index in [1.807, 2.05) is 0 Å². The van der Waals surface area contributed by atoms with Crippen LogP contribution < -0.4 is 5.73 Å². The average Bonchev–Trinajstić information content (AvgIpc) is 2.35. The summed E-state index contributed by atoms with van der Waals surface area (Å²) in [5.41, 5.74) is 0.0277. The number of carboxylic acids is 1. The van der Waals surface area contributed by atoms with Gasteiger partial charge in [0.05, 0.1) is 5.56 Å². The van der Waals surface area contributed by atoms with Gasteiger partial charge in [0.15, 0.2) is 0 Å². The minimum absolute atomic E-state index is 0.218. The fourth-order valence-electron chi connectivity index (χ4n) is 1.92. The summed E-state index contributed by atoms with van der Waals surface area (Å²) in [7, 11) is 0. The molecule has 1 aromatic carbocycles. The number of halogens is 3. The Morgan fingerprint density at radius 1 is 1.12 bits per heavy atom. The van der Waals surface area contributed by atoms with Crippen LogP contribution in [0.25, 0.3) is 0 Å². The number of carboxylic acid groups (broad SMARTS) is 1. The fraction of sp³-hybridized carbons (Fsp3) is 0.467. The Labute approximate surface area is 136 Å². The van der Waals surface area contributed by atoms with Crippen molar-refractivity contribution in [3.8, 4) is 0 Å². The van der Waals surface area contributed by atoms with E-state index >= 15 is 0 Å². The summed E-state index contributed by atoms with van der Waals surface area (Å²) >= 11 is 0. The van der Waals surface area contributed by atoms with Crippen LogP contribution in [-0.4, -0.2) is 33.5 Å². The number of aliphatic hydroxyl groups is 1. The molecule has 0 aliphatic carbocycles. The number of esters is 1. The molecular formula is C15H18F3NO5. The molecule has 0 saturated heterocycles. The zero-order chi connectivity index (χ0) is 18.9. The van der Waals surface area contributed by atoms with Crippen LogP contribution in [0.2, 0.25) is 0 Å². The van der Waals surface area contributed by atoms with E-state index in [-0.39, 0.29) is 5.56 Å². The van der Waals surface area contributed by atoms with E-state index in [1.165, 1.54) is 20.8 Å². The van der Waals surface area contributed by atoms with E-state index in [0.29, 0.717) is 12.1 Å². The minimum Gasteiger partial charge on any atom is -0.478 e. The Morgan fingerprint density at radius 3 is 1.92 bits per heavy atom. The third-order valence-electron chi connectivity index (χ3n) is 3.00. The Morgan fingerprint density at radius 2 is 1.58 bits per heavy atom. The first-order valence-corrected chi connectivity index (χ1v) is 6.81. The lowest BCUT2D eigenvalue weighted by atomic mass is 9.88. The molecule has 0 fully saturated rings. The molecule has 9 heteroatoms. The molecule has 134 valence electrons. The molecule has 0 spiro atoms. The molecule has 0 bridgehead atoms. The number of alkyl halides is 3. The van der Waals surface area contributed by atoms with E-state index in [2.05, 4.69) is 0 Å². The third kappa shape index (κ3) is 4.68. The molecule has 0 heterocycles. The van der Waals surface area contributed by atoms with E-state index in [9.17, 15) is 27.9 Å². The second kappa shape index (κ2) is 6.40. The van der Waals surface area contributed by atoms with Gasteiger partial charge < -0.3 is 14.9 Å². The van der Waals surface area contributed by atoms with Crippen molar-refractivity contribution < 1.29 is 37.7 Å². The standard InChI is InChI=1S/C15H18F3NO5/c1-13(2,3)24-11(20)10(14(19,23)12(21)22)8-4-6-9(7-5-8)15(16,17)18/h4-7,10,23H,19H2,1-3H3,(H,21,22)/t10-,14-/m1/s1. The molecule has 1 rings (SSSR count). The van der Waals surface area contributed by atoms with Gasteiger partial charge in [-0.3, -0.25) is 10.5 Å². The van der Waals surface area contributed by atoms with E-state index in [1.54, 1.807) is 0 Å². The molecule has 0 aliphatic heterocycles. The van der Waals surface area contributed by atoms with Crippen molar-refractivity contribution >= 4 is 11.9 Å². The van der Waals surface area contributed by atoms with E-state index in [0.717, 1.165) is 12.1 Å². The summed E-state index contributed by atoms with van der Waals surface area (Å²) in [6.07, 6.45) is -4.61. The van der Waals surface area contributed by atoms with Crippen LogP contribution in [0, 0.1) is 0 Å². The van der Waals surface area contributed by atoms with Crippen LogP contribution in [-0.2, 0) is 20.5 Å². The smallest absolute Gasteiger partial charge is 0.416 e. The molecule has 24 heavy (non-hydrogen) atoms. The van der Waals surface area contributed by atoms with Gasteiger partial charge in [0, 0.05) is 0 Å². The van der Waals surface area contributed by atoms with E-state index < -0.39 is 40.9 Å². The van der Waals surface area contributed by atoms with Gasteiger partial charge in [-0.15, -0.1) is 0 Å². The number of benzene rings is 1. The van der Waals surface area contributed by atoms with Crippen molar-refractivity contribution in [2.45, 2.75) is 44.2 Å². The molecule has 4 N–H and O–H groups in total. The first-order valence-electron chi connectivity index (χ1n) is 6.81. The predicted octanol–water partition coefficient (Wildman–Crippen LogP) is 1.86. The van der Waals surface area contributed by atoms with Crippen molar-refractivity contribution in [2.24, 2.45) is 5.73 Å². The molecular weight excluding hydrogens is 331 g/mol. The summed E-state index contributed by atoms with van der Waals surface area (Å²) in [5.74, 6) is -5.00. The summed E-state index contributed by atoms with van der Waals surface area (Å²) in [6, 6.07) is 3.06. The molecule has 1 aromatic rings. The Kier molecular flexibility index (Phi) is 5.31. The van der Waals surface area contributed by atoms with Gasteiger partial charge in [-0.1, -0.05) is 12.1 Å². The van der Waals surface area contributed by atoms with Crippen molar-refractivity contribution in [3.05, 3.63) is 35.4 Å². The molecule has 0 radical (unpaired) electrons. The number of hydrogen-bond acceptors (Lipinski definition) is 5. The first-order chi connectivity index (χ1) is 10.7. The van der Waals surface area contributed by atoms with Crippen LogP contribution in [0.1, 0.15) is 37.8 Å². The lowest BCUT2D eigenvalue weighted by Crippen LogP contribution is -2.56. The Hall–Kier alpha value is -2.13. The monoisotopic (exact) mass is 349 g/mol. The molecule has 0 unspecified atom stereocenters. The summed E-state index contributed by atoms with van der Waals surface area (Å²) < 4.78 is 42.8. The zero-order valence-corrected chi connectivity index (χ0v) is 13.2. The second-order valence-corrected chi connectivity index (χ2v) is 6.22. The quantitative estimate of drug-likeness (QED) is 0.565. The van der Waals surface area contributed by atoms with Gasteiger partial charge in [-0.05, 0) is 38.5 Å². The highest BCUT2D eigenvalue weighted by Gasteiger charge is 2.48. The third-order valence-corrected chi connectivity index (χ3v) is 3.00. The lowest BCUT2D eigenvalue weighted by Gasteiger charge is -2.30. The van der Waals surface area contributed by atoms with Crippen molar-refractivity contribution in [1.29, 1.82) is 0 Å². The van der Waals surface area contributed by atoms with Gasteiger partial charge in [0.25, 0.3) is 0 Å².